The van der Waals surface area contributed by atoms with Crippen LogP contribution in [0.3, 0.4) is 0 Å². The van der Waals surface area contributed by atoms with Crippen LogP contribution in [0.4, 0.5) is 0 Å². The van der Waals surface area contributed by atoms with Gasteiger partial charge in [-0.3, -0.25) is 0 Å². The van der Waals surface area contributed by atoms with Crippen LogP contribution >= 0.6 is 0 Å². The monoisotopic (exact) mass is 180 g/mol. The van der Waals surface area contributed by atoms with E-state index in [0.29, 0.717) is 5.92 Å². The van der Waals surface area contributed by atoms with Crippen molar-refractivity contribution in [3.05, 3.63) is 24.8 Å². The summed E-state index contributed by atoms with van der Waals surface area (Å²) >= 11 is 0. The van der Waals surface area contributed by atoms with E-state index in [1.165, 1.54) is 25.7 Å². The highest BCUT2D eigenvalue weighted by atomic mass is 14.0. The fourth-order valence-electron chi connectivity index (χ4n) is 1.26. The number of allylic oxidation sites excluding steroid dienone is 3. The van der Waals surface area contributed by atoms with E-state index in [9.17, 15) is 0 Å². The largest absolute Gasteiger partial charge is 0.102 e. The highest BCUT2D eigenvalue weighted by molar-refractivity contribution is 4.96. The first-order valence-electron chi connectivity index (χ1n) is 5.51. The lowest BCUT2D eigenvalue weighted by molar-refractivity contribution is 0.574. The molecular formula is C13H24. The number of hydrogen-bond acceptors (Lipinski definition) is 0. The van der Waals surface area contributed by atoms with E-state index in [1.807, 2.05) is 6.08 Å². The minimum atomic E-state index is 0.522. The Morgan fingerprint density at radius 2 is 1.85 bits per heavy atom. The molecule has 0 rings (SSSR count). The third-order valence-corrected chi connectivity index (χ3v) is 2.38. The maximum absolute atomic E-state index is 3.76. The van der Waals surface area contributed by atoms with Crippen LogP contribution in [0.2, 0.25) is 0 Å². The molecule has 76 valence electrons. The fourth-order valence-corrected chi connectivity index (χ4v) is 1.26. The molecule has 0 amide bonds. The zero-order valence-corrected chi connectivity index (χ0v) is 9.42. The van der Waals surface area contributed by atoms with Crippen LogP contribution in [-0.2, 0) is 0 Å². The van der Waals surface area contributed by atoms with Gasteiger partial charge in [-0.05, 0) is 18.3 Å². The normalized spacial score (nSPS) is 15.9. The minimum Gasteiger partial charge on any atom is -0.102 e. The molecule has 0 heteroatoms. The van der Waals surface area contributed by atoms with Gasteiger partial charge in [0.05, 0.1) is 0 Å². The molecule has 0 aromatic rings. The Morgan fingerprint density at radius 3 is 2.38 bits per heavy atom. The van der Waals surface area contributed by atoms with Crippen LogP contribution in [0.25, 0.3) is 0 Å². The standard InChI is InChI=1S/C13H24/c1-5-7-8-9-13(4)11-10-12(3)6-2/h6,10-13H,2,5,7-9H2,1,3-4H3. The number of hydrogen-bond donors (Lipinski definition) is 0. The average molecular weight is 180 g/mol. The molecule has 2 unspecified atom stereocenters. The van der Waals surface area contributed by atoms with Crippen molar-refractivity contribution in [2.45, 2.75) is 46.5 Å². The van der Waals surface area contributed by atoms with Gasteiger partial charge in [0.1, 0.15) is 0 Å². The zero-order valence-electron chi connectivity index (χ0n) is 9.42. The second-order valence-corrected chi connectivity index (χ2v) is 3.95. The fraction of sp³-hybridized carbons (Fsp3) is 0.692. The van der Waals surface area contributed by atoms with Gasteiger partial charge in [-0.15, -0.1) is 6.58 Å². The van der Waals surface area contributed by atoms with Crippen LogP contribution in [0.5, 0.6) is 0 Å². The summed E-state index contributed by atoms with van der Waals surface area (Å²) in [5, 5.41) is 0. The summed E-state index contributed by atoms with van der Waals surface area (Å²) < 4.78 is 0. The van der Waals surface area contributed by atoms with Crippen molar-refractivity contribution < 1.29 is 0 Å². The highest BCUT2D eigenvalue weighted by Crippen LogP contribution is 2.11. The summed E-state index contributed by atoms with van der Waals surface area (Å²) in [6, 6.07) is 0. The van der Waals surface area contributed by atoms with Crippen molar-refractivity contribution >= 4 is 0 Å². The molecular weight excluding hydrogens is 156 g/mol. The quantitative estimate of drug-likeness (QED) is 0.397. The van der Waals surface area contributed by atoms with Crippen molar-refractivity contribution in [3.8, 4) is 0 Å². The Kier molecular flexibility index (Phi) is 7.77. The first kappa shape index (κ1) is 12.5. The van der Waals surface area contributed by atoms with E-state index in [0.717, 1.165) is 5.92 Å². The lowest BCUT2D eigenvalue weighted by atomic mass is 10.0. The summed E-state index contributed by atoms with van der Waals surface area (Å²) in [6.45, 7) is 10.5. The predicted octanol–water partition coefficient (Wildman–Crippen LogP) is 4.58. The van der Waals surface area contributed by atoms with Crippen LogP contribution in [-0.4, -0.2) is 0 Å². The number of unbranched alkanes of at least 4 members (excludes halogenated alkanes) is 2. The summed E-state index contributed by atoms with van der Waals surface area (Å²) in [6.07, 6.45) is 11.9. The van der Waals surface area contributed by atoms with Gasteiger partial charge in [-0.1, -0.05) is 58.3 Å². The molecule has 0 spiro atoms. The van der Waals surface area contributed by atoms with Gasteiger partial charge in [0.2, 0.25) is 0 Å². The van der Waals surface area contributed by atoms with Gasteiger partial charge in [0.25, 0.3) is 0 Å². The maximum Gasteiger partial charge on any atom is -0.00845 e. The second-order valence-electron chi connectivity index (χ2n) is 3.95. The van der Waals surface area contributed by atoms with Crippen molar-refractivity contribution in [1.29, 1.82) is 0 Å². The van der Waals surface area contributed by atoms with Gasteiger partial charge in [-0.2, -0.15) is 0 Å². The third kappa shape index (κ3) is 7.83. The van der Waals surface area contributed by atoms with Crippen LogP contribution < -0.4 is 0 Å². The smallest absolute Gasteiger partial charge is 0.00845 e. The lowest BCUT2D eigenvalue weighted by Crippen LogP contribution is -1.91. The molecule has 0 nitrogen and oxygen atoms in total. The maximum atomic E-state index is 3.76. The molecule has 0 aliphatic carbocycles. The van der Waals surface area contributed by atoms with Crippen LogP contribution in [0.15, 0.2) is 24.8 Å². The molecule has 0 saturated carbocycles. The minimum absolute atomic E-state index is 0.522. The molecule has 0 bridgehead atoms. The van der Waals surface area contributed by atoms with Crippen molar-refractivity contribution in [3.63, 3.8) is 0 Å². The predicted molar refractivity (Wildman–Crippen MR) is 61.8 cm³/mol. The van der Waals surface area contributed by atoms with Gasteiger partial charge >= 0.3 is 0 Å². The molecule has 0 heterocycles. The summed E-state index contributed by atoms with van der Waals surface area (Å²) in [4.78, 5) is 0. The molecule has 0 N–H and O–H groups in total. The molecule has 0 saturated heterocycles. The Balaban J connectivity index is 3.54. The first-order chi connectivity index (χ1) is 6.20. The Morgan fingerprint density at radius 1 is 1.15 bits per heavy atom. The summed E-state index contributed by atoms with van der Waals surface area (Å²) in [5.41, 5.74) is 0. The molecule has 0 aliphatic heterocycles. The number of rotatable bonds is 7. The van der Waals surface area contributed by atoms with Crippen LogP contribution in [0, 0.1) is 11.8 Å². The molecule has 0 radical (unpaired) electrons. The van der Waals surface area contributed by atoms with E-state index in [4.69, 9.17) is 0 Å². The topological polar surface area (TPSA) is 0 Å². The average Bonchev–Trinajstić information content (AvgIpc) is 2.14. The molecule has 2 atom stereocenters. The molecule has 0 aromatic heterocycles. The Labute approximate surface area is 83.7 Å². The van der Waals surface area contributed by atoms with Crippen molar-refractivity contribution in [1.82, 2.24) is 0 Å². The summed E-state index contributed by atoms with van der Waals surface area (Å²) in [7, 11) is 0. The molecule has 0 aliphatic rings. The third-order valence-electron chi connectivity index (χ3n) is 2.38. The molecule has 0 fully saturated rings. The van der Waals surface area contributed by atoms with Crippen molar-refractivity contribution in [2.24, 2.45) is 11.8 Å². The van der Waals surface area contributed by atoms with Gasteiger partial charge in [0, 0.05) is 0 Å². The van der Waals surface area contributed by atoms with Crippen molar-refractivity contribution in [2.75, 3.05) is 0 Å². The van der Waals surface area contributed by atoms with E-state index in [1.54, 1.807) is 0 Å². The Bertz CT molecular complexity index is 144. The highest BCUT2D eigenvalue weighted by Gasteiger charge is 1.96. The SMILES string of the molecule is C=CC(C)C=CC(C)CCCCC. The first-order valence-corrected chi connectivity index (χ1v) is 5.51. The van der Waals surface area contributed by atoms with E-state index in [2.05, 4.69) is 39.5 Å². The Hall–Kier alpha value is -0.520. The molecule has 0 aromatic carbocycles. The van der Waals surface area contributed by atoms with E-state index >= 15 is 0 Å². The second kappa shape index (κ2) is 8.10. The lowest BCUT2D eigenvalue weighted by Gasteiger charge is -2.05. The van der Waals surface area contributed by atoms with Crippen LogP contribution in [0.1, 0.15) is 46.5 Å². The van der Waals surface area contributed by atoms with Gasteiger partial charge in [-0.25, -0.2) is 0 Å². The van der Waals surface area contributed by atoms with Gasteiger partial charge in [0.15, 0.2) is 0 Å². The van der Waals surface area contributed by atoms with Gasteiger partial charge < -0.3 is 0 Å². The molecule has 13 heavy (non-hydrogen) atoms. The zero-order chi connectivity index (χ0) is 10.1. The van der Waals surface area contributed by atoms with E-state index < -0.39 is 0 Å². The van der Waals surface area contributed by atoms with E-state index in [-0.39, 0.29) is 0 Å². The summed E-state index contributed by atoms with van der Waals surface area (Å²) in [5.74, 6) is 1.25.